The first-order chi connectivity index (χ1) is 14.1. The van der Waals surface area contributed by atoms with Gasteiger partial charge in [0, 0.05) is 24.2 Å². The maximum atomic E-state index is 12.7. The number of likely N-dealkylation sites (tertiary alicyclic amines) is 1. The second-order valence-electron chi connectivity index (χ2n) is 7.49. The lowest BCUT2D eigenvalue weighted by atomic mass is 10.0. The van der Waals surface area contributed by atoms with Gasteiger partial charge in [0.05, 0.1) is 32.1 Å². The van der Waals surface area contributed by atoms with Crippen molar-refractivity contribution in [1.29, 1.82) is 0 Å². The van der Waals surface area contributed by atoms with Crippen LogP contribution in [0.3, 0.4) is 0 Å². The number of carbonyl (C=O) groups is 2. The minimum atomic E-state index is -0.444. The molecule has 152 valence electrons. The Kier molecular flexibility index (Phi) is 5.28. The van der Waals surface area contributed by atoms with E-state index in [1.807, 2.05) is 43.3 Å². The average Bonchev–Trinajstić information content (AvgIpc) is 3.31. The first-order valence-electron chi connectivity index (χ1n) is 10.0. The molecule has 6 nitrogen and oxygen atoms in total. The number of rotatable bonds is 6. The standard InChI is InChI=1S/C23H26N2O4/c1-4-15-7-10-20-18(12-15)22(26)23(27)25(20)14-24-11-5-6-19(24)17-9-8-16(28-2)13-21(17)29-3/h7-10,12-13,19H,4-6,11,14H2,1-3H3/t19-/m0/s1. The smallest absolute Gasteiger partial charge is 0.300 e. The summed E-state index contributed by atoms with van der Waals surface area (Å²) in [4.78, 5) is 29.1. The van der Waals surface area contributed by atoms with Gasteiger partial charge in [0.1, 0.15) is 11.5 Å². The molecular formula is C23H26N2O4. The fourth-order valence-corrected chi connectivity index (χ4v) is 4.33. The first kappa shape index (κ1) is 19.5. The van der Waals surface area contributed by atoms with E-state index in [1.54, 1.807) is 19.1 Å². The number of aryl methyl sites for hydroxylation is 1. The van der Waals surface area contributed by atoms with E-state index >= 15 is 0 Å². The second kappa shape index (κ2) is 7.87. The fraction of sp³-hybridized carbons (Fsp3) is 0.391. The maximum absolute atomic E-state index is 12.7. The molecule has 29 heavy (non-hydrogen) atoms. The van der Waals surface area contributed by atoms with E-state index < -0.39 is 11.7 Å². The minimum Gasteiger partial charge on any atom is -0.497 e. The van der Waals surface area contributed by atoms with Gasteiger partial charge in [-0.3, -0.25) is 19.4 Å². The van der Waals surface area contributed by atoms with Crippen LogP contribution in [-0.2, 0) is 11.2 Å². The van der Waals surface area contributed by atoms with Gasteiger partial charge < -0.3 is 9.47 Å². The van der Waals surface area contributed by atoms with Crippen LogP contribution < -0.4 is 14.4 Å². The molecule has 2 aromatic carbocycles. The van der Waals surface area contributed by atoms with Crippen LogP contribution in [0.1, 0.15) is 47.3 Å². The van der Waals surface area contributed by atoms with Gasteiger partial charge in [-0.25, -0.2) is 0 Å². The summed E-state index contributed by atoms with van der Waals surface area (Å²) < 4.78 is 10.9. The summed E-state index contributed by atoms with van der Waals surface area (Å²) in [5.74, 6) is 0.669. The lowest BCUT2D eigenvalue weighted by molar-refractivity contribution is -0.114. The van der Waals surface area contributed by atoms with Crippen molar-refractivity contribution in [1.82, 2.24) is 4.90 Å². The number of hydrogen-bond donors (Lipinski definition) is 0. The molecule has 0 aromatic heterocycles. The Morgan fingerprint density at radius 2 is 1.90 bits per heavy atom. The third-order valence-corrected chi connectivity index (χ3v) is 5.93. The molecule has 1 atom stereocenters. The van der Waals surface area contributed by atoms with E-state index in [-0.39, 0.29) is 6.04 Å². The summed E-state index contributed by atoms with van der Waals surface area (Å²) in [6, 6.07) is 11.7. The third kappa shape index (κ3) is 3.38. The molecule has 0 radical (unpaired) electrons. The quantitative estimate of drug-likeness (QED) is 0.701. The van der Waals surface area contributed by atoms with E-state index in [0.29, 0.717) is 17.9 Å². The molecule has 2 aromatic rings. The Bertz CT molecular complexity index is 956. The molecule has 1 saturated heterocycles. The van der Waals surface area contributed by atoms with E-state index in [2.05, 4.69) is 4.90 Å². The van der Waals surface area contributed by atoms with Gasteiger partial charge in [-0.05, 0) is 43.0 Å². The van der Waals surface area contributed by atoms with Crippen LogP contribution >= 0.6 is 0 Å². The molecule has 0 unspecified atom stereocenters. The highest BCUT2D eigenvalue weighted by Crippen LogP contribution is 2.40. The van der Waals surface area contributed by atoms with Crippen molar-refractivity contribution in [2.45, 2.75) is 32.2 Å². The summed E-state index contributed by atoms with van der Waals surface area (Å²) in [7, 11) is 3.29. The average molecular weight is 394 g/mol. The van der Waals surface area contributed by atoms with E-state index in [1.165, 1.54) is 0 Å². The molecule has 1 amide bonds. The van der Waals surface area contributed by atoms with Crippen molar-refractivity contribution in [3.8, 4) is 11.5 Å². The maximum Gasteiger partial charge on any atom is 0.300 e. The van der Waals surface area contributed by atoms with Gasteiger partial charge in [0.2, 0.25) is 0 Å². The van der Waals surface area contributed by atoms with Crippen molar-refractivity contribution < 1.29 is 19.1 Å². The largest absolute Gasteiger partial charge is 0.497 e. The minimum absolute atomic E-state index is 0.123. The van der Waals surface area contributed by atoms with E-state index in [4.69, 9.17) is 9.47 Å². The van der Waals surface area contributed by atoms with Crippen LogP contribution in [-0.4, -0.2) is 44.0 Å². The van der Waals surface area contributed by atoms with Gasteiger partial charge in [0.25, 0.3) is 5.78 Å². The summed E-state index contributed by atoms with van der Waals surface area (Å²) in [6.07, 6.45) is 2.83. The Morgan fingerprint density at radius 3 is 2.62 bits per heavy atom. The molecule has 0 bridgehead atoms. The zero-order chi connectivity index (χ0) is 20.5. The van der Waals surface area contributed by atoms with Crippen LogP contribution in [0.2, 0.25) is 0 Å². The van der Waals surface area contributed by atoms with Crippen LogP contribution in [0.5, 0.6) is 11.5 Å². The van der Waals surface area contributed by atoms with Gasteiger partial charge in [-0.2, -0.15) is 0 Å². The highest BCUT2D eigenvalue weighted by atomic mass is 16.5. The Morgan fingerprint density at radius 1 is 1.07 bits per heavy atom. The molecule has 0 saturated carbocycles. The van der Waals surface area contributed by atoms with E-state index in [0.717, 1.165) is 48.4 Å². The van der Waals surface area contributed by atoms with Crippen molar-refractivity contribution in [3.05, 3.63) is 53.1 Å². The molecule has 0 aliphatic carbocycles. The molecule has 2 aliphatic heterocycles. The van der Waals surface area contributed by atoms with Gasteiger partial charge >= 0.3 is 5.91 Å². The van der Waals surface area contributed by atoms with Crippen LogP contribution in [0.15, 0.2) is 36.4 Å². The second-order valence-corrected chi connectivity index (χ2v) is 7.49. The number of nitrogens with zero attached hydrogens (tertiary/aromatic N) is 2. The van der Waals surface area contributed by atoms with E-state index in [9.17, 15) is 9.59 Å². The number of Topliss-reactive ketones (excluding diaryl/α,β-unsaturated/α-hetero) is 1. The SMILES string of the molecule is CCc1ccc2c(c1)C(=O)C(=O)N2CN1CCC[C@H]1c1ccc(OC)cc1OC. The normalized spacial score (nSPS) is 19.0. The molecule has 2 heterocycles. The van der Waals surface area contributed by atoms with Gasteiger partial charge in [-0.1, -0.05) is 19.1 Å². The third-order valence-electron chi connectivity index (χ3n) is 5.93. The molecule has 1 fully saturated rings. The predicted molar refractivity (Wildman–Crippen MR) is 111 cm³/mol. The van der Waals surface area contributed by atoms with Crippen molar-refractivity contribution >= 4 is 17.4 Å². The highest BCUT2D eigenvalue weighted by Gasteiger charge is 2.39. The molecule has 6 heteroatoms. The number of anilines is 1. The topological polar surface area (TPSA) is 59.1 Å². The monoisotopic (exact) mass is 394 g/mol. The van der Waals surface area contributed by atoms with Crippen molar-refractivity contribution in [3.63, 3.8) is 0 Å². The van der Waals surface area contributed by atoms with Gasteiger partial charge in [0.15, 0.2) is 0 Å². The number of ketones is 1. The molecule has 2 aliphatic rings. The number of amides is 1. The number of fused-ring (bicyclic) bond motifs is 1. The number of benzene rings is 2. The summed E-state index contributed by atoms with van der Waals surface area (Å²) in [6.45, 7) is 3.29. The number of ether oxygens (including phenoxy) is 2. The molecule has 4 rings (SSSR count). The predicted octanol–water partition coefficient (Wildman–Crippen LogP) is 3.59. The molecule has 0 spiro atoms. The van der Waals surface area contributed by atoms with Gasteiger partial charge in [-0.15, -0.1) is 0 Å². The summed E-state index contributed by atoms with van der Waals surface area (Å²) >= 11 is 0. The molecule has 0 N–H and O–H groups in total. The zero-order valence-electron chi connectivity index (χ0n) is 17.1. The Hall–Kier alpha value is -2.86. The number of hydrogen-bond acceptors (Lipinski definition) is 5. The lowest BCUT2D eigenvalue weighted by Gasteiger charge is -2.30. The highest BCUT2D eigenvalue weighted by molar-refractivity contribution is 6.52. The van der Waals surface area contributed by atoms with Crippen LogP contribution in [0, 0.1) is 0 Å². The van der Waals surface area contributed by atoms with Crippen molar-refractivity contribution in [2.24, 2.45) is 0 Å². The van der Waals surface area contributed by atoms with Crippen LogP contribution in [0.4, 0.5) is 5.69 Å². The number of methoxy groups -OCH3 is 2. The lowest BCUT2D eigenvalue weighted by Crippen LogP contribution is -2.40. The van der Waals surface area contributed by atoms with Crippen LogP contribution in [0.25, 0.3) is 0 Å². The summed E-state index contributed by atoms with van der Waals surface area (Å²) in [5, 5.41) is 0. The Balaban J connectivity index is 1.62. The molecular weight excluding hydrogens is 368 g/mol. The zero-order valence-corrected chi connectivity index (χ0v) is 17.1. The number of carbonyl (C=O) groups excluding carboxylic acids is 2. The summed E-state index contributed by atoms with van der Waals surface area (Å²) in [5.41, 5.74) is 3.37. The first-order valence-corrected chi connectivity index (χ1v) is 10.0. The fourth-order valence-electron chi connectivity index (χ4n) is 4.33. The van der Waals surface area contributed by atoms with Crippen molar-refractivity contribution in [2.75, 3.05) is 32.3 Å². The Labute approximate surface area is 171 Å².